The predicted molar refractivity (Wildman–Crippen MR) is 167 cm³/mol. The predicted octanol–water partition coefficient (Wildman–Crippen LogP) is 11.0. The highest BCUT2D eigenvalue weighted by molar-refractivity contribution is 7.27. The van der Waals surface area contributed by atoms with Crippen LogP contribution in [-0.4, -0.2) is 0 Å². The van der Waals surface area contributed by atoms with Gasteiger partial charge in [0.05, 0.1) is 0 Å². The fraction of sp³-hybridized carbons (Fsp3) is 0. The van der Waals surface area contributed by atoms with E-state index < -0.39 is 0 Å². The lowest BCUT2D eigenvalue weighted by atomic mass is 9.93. The van der Waals surface area contributed by atoms with Gasteiger partial charge < -0.3 is 4.90 Å². The molecule has 2 heteroatoms. The molecule has 0 aliphatic carbocycles. The molecule has 0 fully saturated rings. The van der Waals surface area contributed by atoms with E-state index in [0.29, 0.717) is 0 Å². The summed E-state index contributed by atoms with van der Waals surface area (Å²) in [5.41, 5.74) is 3.45. The molecule has 0 saturated heterocycles. The van der Waals surface area contributed by atoms with E-state index in [9.17, 15) is 0 Å². The Labute approximate surface area is 224 Å². The molecule has 1 heterocycles. The molecule has 0 atom stereocenters. The Balaban J connectivity index is 1.44. The highest BCUT2D eigenvalue weighted by atomic mass is 32.1. The van der Waals surface area contributed by atoms with Crippen LogP contribution in [0.1, 0.15) is 0 Å². The molecule has 0 aliphatic heterocycles. The number of para-hydroxylation sites is 2. The SMILES string of the molecule is c1ccc(N(c2ccccc2)c2ccc3c(ccc4c5sc6ccccc6c5c5ccccc5c34)c2)cc1. The van der Waals surface area contributed by atoms with E-state index in [2.05, 4.69) is 144 Å². The van der Waals surface area contributed by atoms with Crippen molar-refractivity contribution in [3.8, 4) is 0 Å². The smallest absolute Gasteiger partial charge is 0.0468 e. The average molecular weight is 502 g/mol. The van der Waals surface area contributed by atoms with Crippen LogP contribution in [0.25, 0.3) is 52.5 Å². The number of anilines is 3. The first kappa shape index (κ1) is 21.4. The Bertz CT molecular complexity index is 2090. The first-order valence-corrected chi connectivity index (χ1v) is 13.8. The Morgan fingerprint density at radius 2 is 0.974 bits per heavy atom. The summed E-state index contributed by atoms with van der Waals surface area (Å²) < 4.78 is 2.72. The van der Waals surface area contributed by atoms with E-state index >= 15 is 0 Å². The average Bonchev–Trinajstić information content (AvgIpc) is 3.38. The zero-order valence-electron chi connectivity index (χ0n) is 20.6. The van der Waals surface area contributed by atoms with Gasteiger partial charge in [-0.25, -0.2) is 0 Å². The van der Waals surface area contributed by atoms with E-state index in [4.69, 9.17) is 0 Å². The molecule has 0 saturated carbocycles. The molecule has 1 aromatic heterocycles. The van der Waals surface area contributed by atoms with Crippen LogP contribution in [0.15, 0.2) is 140 Å². The molecule has 8 aromatic rings. The molecule has 0 N–H and O–H groups in total. The van der Waals surface area contributed by atoms with Crippen molar-refractivity contribution >= 4 is 80.9 Å². The fourth-order valence-corrected chi connectivity index (χ4v) is 7.21. The topological polar surface area (TPSA) is 3.24 Å². The number of thiophene rings is 1. The second-order valence-corrected chi connectivity index (χ2v) is 10.8. The van der Waals surface area contributed by atoms with Gasteiger partial charge in [-0.3, -0.25) is 0 Å². The number of hydrogen-bond acceptors (Lipinski definition) is 2. The minimum Gasteiger partial charge on any atom is -0.310 e. The minimum atomic E-state index is 1.15. The van der Waals surface area contributed by atoms with Crippen LogP contribution in [0.4, 0.5) is 17.1 Å². The third kappa shape index (κ3) is 3.17. The summed E-state index contributed by atoms with van der Waals surface area (Å²) in [7, 11) is 0. The summed E-state index contributed by atoms with van der Waals surface area (Å²) in [6.45, 7) is 0. The van der Waals surface area contributed by atoms with E-state index in [0.717, 1.165) is 17.1 Å². The van der Waals surface area contributed by atoms with Crippen molar-refractivity contribution in [2.45, 2.75) is 0 Å². The van der Waals surface area contributed by atoms with E-state index in [1.165, 1.54) is 52.5 Å². The molecule has 38 heavy (non-hydrogen) atoms. The van der Waals surface area contributed by atoms with Crippen molar-refractivity contribution in [1.29, 1.82) is 0 Å². The van der Waals surface area contributed by atoms with E-state index in [1.54, 1.807) is 0 Å². The van der Waals surface area contributed by atoms with Crippen molar-refractivity contribution in [3.63, 3.8) is 0 Å². The number of hydrogen-bond donors (Lipinski definition) is 0. The van der Waals surface area contributed by atoms with Gasteiger partial charge in [0.1, 0.15) is 0 Å². The lowest BCUT2D eigenvalue weighted by molar-refractivity contribution is 1.29. The van der Waals surface area contributed by atoms with Gasteiger partial charge in [-0.1, -0.05) is 97.1 Å². The molecule has 0 amide bonds. The standard InChI is InChI=1S/C36H23NS/c1-3-11-25(12-4-1)37(26-13-5-2-6-14-26)27-20-22-28-24(23-27)19-21-32-34(28)29-15-7-8-16-30(29)35-31-17-9-10-18-33(31)38-36(32)35/h1-23H. The summed E-state index contributed by atoms with van der Waals surface area (Å²) in [5.74, 6) is 0. The normalized spacial score (nSPS) is 11.7. The Morgan fingerprint density at radius 3 is 1.68 bits per heavy atom. The van der Waals surface area contributed by atoms with Gasteiger partial charge in [-0.05, 0) is 69.4 Å². The second-order valence-electron chi connectivity index (χ2n) is 9.75. The van der Waals surface area contributed by atoms with Gasteiger partial charge in [0, 0.05) is 42.6 Å². The van der Waals surface area contributed by atoms with Gasteiger partial charge in [0.15, 0.2) is 0 Å². The van der Waals surface area contributed by atoms with Crippen LogP contribution in [-0.2, 0) is 0 Å². The maximum Gasteiger partial charge on any atom is 0.0468 e. The molecule has 0 unspecified atom stereocenters. The largest absolute Gasteiger partial charge is 0.310 e. The first-order valence-electron chi connectivity index (χ1n) is 13.0. The Kier molecular flexibility index (Phi) is 4.76. The molecule has 1 nitrogen and oxygen atoms in total. The Morgan fingerprint density at radius 1 is 0.395 bits per heavy atom. The Hall–Kier alpha value is -4.66. The quantitative estimate of drug-likeness (QED) is 0.218. The highest BCUT2D eigenvalue weighted by Gasteiger charge is 2.17. The first-order chi connectivity index (χ1) is 18.9. The van der Waals surface area contributed by atoms with Gasteiger partial charge in [-0.2, -0.15) is 0 Å². The van der Waals surface area contributed by atoms with Crippen LogP contribution < -0.4 is 4.90 Å². The van der Waals surface area contributed by atoms with Crippen LogP contribution in [0.2, 0.25) is 0 Å². The molecule has 0 radical (unpaired) electrons. The fourth-order valence-electron chi connectivity index (χ4n) is 5.96. The molecular formula is C36H23NS. The van der Waals surface area contributed by atoms with Crippen LogP contribution in [0.5, 0.6) is 0 Å². The number of rotatable bonds is 3. The lowest BCUT2D eigenvalue weighted by Gasteiger charge is -2.26. The zero-order valence-corrected chi connectivity index (χ0v) is 21.5. The number of fused-ring (bicyclic) bond motifs is 10. The minimum absolute atomic E-state index is 1.15. The third-order valence-electron chi connectivity index (χ3n) is 7.60. The third-order valence-corrected chi connectivity index (χ3v) is 8.80. The molecule has 0 aliphatic rings. The molecule has 0 spiro atoms. The maximum atomic E-state index is 2.33. The van der Waals surface area contributed by atoms with Crippen LogP contribution in [0.3, 0.4) is 0 Å². The van der Waals surface area contributed by atoms with Gasteiger partial charge in [0.2, 0.25) is 0 Å². The monoisotopic (exact) mass is 501 g/mol. The molecule has 178 valence electrons. The van der Waals surface area contributed by atoms with Gasteiger partial charge in [0.25, 0.3) is 0 Å². The van der Waals surface area contributed by atoms with E-state index in [1.807, 2.05) is 11.3 Å². The van der Waals surface area contributed by atoms with Crippen LogP contribution in [0, 0.1) is 0 Å². The zero-order chi connectivity index (χ0) is 25.1. The molecule has 8 rings (SSSR count). The summed E-state index contributed by atoms with van der Waals surface area (Å²) in [5, 5.41) is 10.6. The van der Waals surface area contributed by atoms with Crippen molar-refractivity contribution in [3.05, 3.63) is 140 Å². The van der Waals surface area contributed by atoms with Gasteiger partial charge >= 0.3 is 0 Å². The summed E-state index contributed by atoms with van der Waals surface area (Å²) in [6.07, 6.45) is 0. The van der Waals surface area contributed by atoms with Crippen molar-refractivity contribution in [1.82, 2.24) is 0 Å². The number of benzene rings is 7. The second kappa shape index (κ2) is 8.44. The lowest BCUT2D eigenvalue weighted by Crippen LogP contribution is -2.09. The summed E-state index contributed by atoms with van der Waals surface area (Å²) >= 11 is 1.91. The summed E-state index contributed by atoms with van der Waals surface area (Å²) in [6, 6.07) is 50.5. The number of nitrogens with zero attached hydrogens (tertiary/aromatic N) is 1. The maximum absolute atomic E-state index is 2.33. The molecular weight excluding hydrogens is 478 g/mol. The summed E-state index contributed by atoms with van der Waals surface area (Å²) in [4.78, 5) is 2.33. The molecule has 0 bridgehead atoms. The highest BCUT2D eigenvalue weighted by Crippen LogP contribution is 2.46. The van der Waals surface area contributed by atoms with Gasteiger partial charge in [-0.15, -0.1) is 11.3 Å². The van der Waals surface area contributed by atoms with Crippen molar-refractivity contribution in [2.75, 3.05) is 4.90 Å². The molecule has 7 aromatic carbocycles. The van der Waals surface area contributed by atoms with Crippen molar-refractivity contribution < 1.29 is 0 Å². The van der Waals surface area contributed by atoms with Crippen LogP contribution >= 0.6 is 11.3 Å². The van der Waals surface area contributed by atoms with Crippen molar-refractivity contribution in [2.24, 2.45) is 0 Å². The van der Waals surface area contributed by atoms with E-state index in [-0.39, 0.29) is 0 Å².